The molecule has 22 heavy (non-hydrogen) atoms. The van der Waals surface area contributed by atoms with Crippen LogP contribution in [0.4, 0.5) is 17.3 Å². The van der Waals surface area contributed by atoms with Crippen molar-refractivity contribution in [2.45, 2.75) is 26.2 Å². The molecule has 0 bridgehead atoms. The summed E-state index contributed by atoms with van der Waals surface area (Å²) < 4.78 is 5.03. The molecule has 0 unspecified atom stereocenters. The Morgan fingerprint density at radius 1 is 1.14 bits per heavy atom. The highest BCUT2D eigenvalue weighted by molar-refractivity contribution is 5.63. The minimum absolute atomic E-state index is 0.456. The molecule has 0 aliphatic heterocycles. The number of nitrogens with one attached hydrogen (secondary N) is 2. The maximum absolute atomic E-state index is 5.03. The van der Waals surface area contributed by atoms with E-state index in [2.05, 4.69) is 52.6 Å². The Hall–Kier alpha value is -2.14. The van der Waals surface area contributed by atoms with Crippen molar-refractivity contribution in [3.63, 3.8) is 0 Å². The topological polar surface area (TPSA) is 59.1 Å². The van der Waals surface area contributed by atoms with Gasteiger partial charge in [-0.2, -0.15) is 0 Å². The highest BCUT2D eigenvalue weighted by Crippen LogP contribution is 2.26. The quantitative estimate of drug-likeness (QED) is 0.726. The largest absolute Gasteiger partial charge is 0.385 e. The van der Waals surface area contributed by atoms with Gasteiger partial charge < -0.3 is 15.4 Å². The Morgan fingerprint density at radius 3 is 2.68 bits per heavy atom. The van der Waals surface area contributed by atoms with Crippen LogP contribution in [0.5, 0.6) is 0 Å². The van der Waals surface area contributed by atoms with Gasteiger partial charge in [0.15, 0.2) is 0 Å². The van der Waals surface area contributed by atoms with Gasteiger partial charge >= 0.3 is 0 Å². The van der Waals surface area contributed by atoms with E-state index in [9.17, 15) is 0 Å². The molecule has 0 atom stereocenters. The van der Waals surface area contributed by atoms with E-state index in [1.165, 1.54) is 5.56 Å². The molecule has 0 spiro atoms. The van der Waals surface area contributed by atoms with Gasteiger partial charge in [-0.15, -0.1) is 0 Å². The van der Waals surface area contributed by atoms with Gasteiger partial charge in [-0.05, 0) is 24.0 Å². The second-order valence-corrected chi connectivity index (χ2v) is 5.43. The Labute approximate surface area is 132 Å². The Morgan fingerprint density at radius 2 is 1.91 bits per heavy atom. The number of aromatic nitrogens is 2. The third-order valence-electron chi connectivity index (χ3n) is 3.34. The van der Waals surface area contributed by atoms with Crippen LogP contribution in [0.1, 0.15) is 31.7 Å². The van der Waals surface area contributed by atoms with Crippen LogP contribution in [-0.2, 0) is 4.74 Å². The second kappa shape index (κ2) is 8.34. The van der Waals surface area contributed by atoms with Crippen LogP contribution in [0, 0.1) is 0 Å². The summed E-state index contributed by atoms with van der Waals surface area (Å²) in [7, 11) is 1.71. The summed E-state index contributed by atoms with van der Waals surface area (Å²) in [5, 5.41) is 6.65. The highest BCUT2D eigenvalue weighted by Gasteiger charge is 2.07. The van der Waals surface area contributed by atoms with Gasteiger partial charge in [-0.25, -0.2) is 9.97 Å². The lowest BCUT2D eigenvalue weighted by molar-refractivity contribution is 0.198. The second-order valence-electron chi connectivity index (χ2n) is 5.43. The smallest absolute Gasteiger partial charge is 0.135 e. The maximum atomic E-state index is 5.03. The zero-order valence-corrected chi connectivity index (χ0v) is 13.5. The lowest BCUT2D eigenvalue weighted by Crippen LogP contribution is -2.07. The predicted molar refractivity (Wildman–Crippen MR) is 90.8 cm³/mol. The molecule has 0 saturated heterocycles. The summed E-state index contributed by atoms with van der Waals surface area (Å²) in [6, 6.07) is 10.2. The van der Waals surface area contributed by atoms with Crippen molar-refractivity contribution in [1.29, 1.82) is 0 Å². The number of rotatable bonds is 8. The van der Waals surface area contributed by atoms with Crippen molar-refractivity contribution in [3.8, 4) is 0 Å². The SMILES string of the molecule is COCCCNc1cc(Nc2ccccc2C(C)C)ncn1. The van der Waals surface area contributed by atoms with Gasteiger partial charge in [-0.3, -0.25) is 0 Å². The summed E-state index contributed by atoms with van der Waals surface area (Å²) in [6.07, 6.45) is 2.51. The first-order valence-corrected chi connectivity index (χ1v) is 7.61. The van der Waals surface area contributed by atoms with Gasteiger partial charge in [0.25, 0.3) is 0 Å². The number of nitrogens with zero attached hydrogens (tertiary/aromatic N) is 2. The van der Waals surface area contributed by atoms with Crippen molar-refractivity contribution < 1.29 is 4.74 Å². The fraction of sp³-hybridized carbons (Fsp3) is 0.412. The summed E-state index contributed by atoms with van der Waals surface area (Å²) in [4.78, 5) is 8.53. The Kier molecular flexibility index (Phi) is 6.15. The molecule has 2 aromatic rings. The standard InChI is InChI=1S/C17H24N4O/c1-13(2)14-7-4-5-8-15(14)21-17-11-16(19-12-20-17)18-9-6-10-22-3/h4-5,7-8,11-13H,6,9-10H2,1-3H3,(H2,18,19,20,21). The molecule has 2 rings (SSSR count). The summed E-state index contributed by atoms with van der Waals surface area (Å²) in [6.45, 7) is 5.93. The van der Waals surface area contributed by atoms with Crippen molar-refractivity contribution in [3.05, 3.63) is 42.2 Å². The normalized spacial score (nSPS) is 10.7. The van der Waals surface area contributed by atoms with E-state index < -0.39 is 0 Å². The molecule has 118 valence electrons. The van der Waals surface area contributed by atoms with Gasteiger partial charge in [-0.1, -0.05) is 32.0 Å². The van der Waals surface area contributed by atoms with E-state index in [1.807, 2.05) is 12.1 Å². The van der Waals surface area contributed by atoms with E-state index in [0.29, 0.717) is 5.92 Å². The first-order chi connectivity index (χ1) is 10.7. The Balaban J connectivity index is 2.04. The summed E-state index contributed by atoms with van der Waals surface area (Å²) >= 11 is 0. The number of benzene rings is 1. The van der Waals surface area contributed by atoms with Crippen molar-refractivity contribution in [2.75, 3.05) is 30.9 Å². The molecule has 0 saturated carbocycles. The molecule has 1 heterocycles. The fourth-order valence-corrected chi connectivity index (χ4v) is 2.21. The van der Waals surface area contributed by atoms with E-state index >= 15 is 0 Å². The van der Waals surface area contributed by atoms with E-state index in [1.54, 1.807) is 13.4 Å². The van der Waals surface area contributed by atoms with E-state index in [-0.39, 0.29) is 0 Å². The zero-order valence-electron chi connectivity index (χ0n) is 13.5. The lowest BCUT2D eigenvalue weighted by Gasteiger charge is -2.14. The monoisotopic (exact) mass is 300 g/mol. The van der Waals surface area contributed by atoms with Crippen LogP contribution >= 0.6 is 0 Å². The average molecular weight is 300 g/mol. The molecule has 1 aromatic heterocycles. The third-order valence-corrected chi connectivity index (χ3v) is 3.34. The maximum Gasteiger partial charge on any atom is 0.135 e. The molecule has 0 amide bonds. The van der Waals surface area contributed by atoms with E-state index in [0.717, 1.165) is 36.9 Å². The van der Waals surface area contributed by atoms with Crippen LogP contribution in [0.25, 0.3) is 0 Å². The molecule has 5 heteroatoms. The molecule has 0 aliphatic rings. The third kappa shape index (κ3) is 4.70. The molecule has 2 N–H and O–H groups in total. The van der Waals surface area contributed by atoms with Crippen molar-refractivity contribution in [1.82, 2.24) is 9.97 Å². The fourth-order valence-electron chi connectivity index (χ4n) is 2.21. The number of ether oxygens (including phenoxy) is 1. The summed E-state index contributed by atoms with van der Waals surface area (Å²) in [5.41, 5.74) is 2.36. The molecule has 5 nitrogen and oxygen atoms in total. The molecular formula is C17H24N4O. The van der Waals surface area contributed by atoms with Gasteiger partial charge in [0.1, 0.15) is 18.0 Å². The molecule has 0 fully saturated rings. The molecule has 0 radical (unpaired) electrons. The van der Waals surface area contributed by atoms with Gasteiger partial charge in [0, 0.05) is 32.0 Å². The average Bonchev–Trinajstić information content (AvgIpc) is 2.52. The minimum Gasteiger partial charge on any atom is -0.385 e. The number of methoxy groups -OCH3 is 1. The number of hydrogen-bond donors (Lipinski definition) is 2. The summed E-state index contributed by atoms with van der Waals surface area (Å²) in [5.74, 6) is 2.06. The predicted octanol–water partition coefficient (Wildman–Crippen LogP) is 3.79. The Bertz CT molecular complexity index is 586. The van der Waals surface area contributed by atoms with Crippen LogP contribution in [0.2, 0.25) is 0 Å². The van der Waals surface area contributed by atoms with Crippen LogP contribution < -0.4 is 10.6 Å². The lowest BCUT2D eigenvalue weighted by atomic mass is 10.0. The minimum atomic E-state index is 0.456. The highest BCUT2D eigenvalue weighted by atomic mass is 16.5. The van der Waals surface area contributed by atoms with Crippen LogP contribution in [-0.4, -0.2) is 30.2 Å². The first-order valence-electron chi connectivity index (χ1n) is 7.61. The van der Waals surface area contributed by atoms with Crippen LogP contribution in [0.3, 0.4) is 0 Å². The van der Waals surface area contributed by atoms with Crippen molar-refractivity contribution in [2.24, 2.45) is 0 Å². The zero-order chi connectivity index (χ0) is 15.8. The van der Waals surface area contributed by atoms with Gasteiger partial charge in [0.2, 0.25) is 0 Å². The number of anilines is 3. The number of para-hydroxylation sites is 1. The van der Waals surface area contributed by atoms with Gasteiger partial charge in [0.05, 0.1) is 0 Å². The molecular weight excluding hydrogens is 276 g/mol. The van der Waals surface area contributed by atoms with E-state index in [4.69, 9.17) is 4.74 Å². The van der Waals surface area contributed by atoms with Crippen molar-refractivity contribution >= 4 is 17.3 Å². The molecule has 1 aromatic carbocycles. The van der Waals surface area contributed by atoms with Crippen LogP contribution in [0.15, 0.2) is 36.7 Å². The number of hydrogen-bond acceptors (Lipinski definition) is 5. The molecule has 0 aliphatic carbocycles. The first kappa shape index (κ1) is 16.2.